The lowest BCUT2D eigenvalue weighted by molar-refractivity contribution is -0.141. The third kappa shape index (κ3) is 6.11. The first-order valence-corrected chi connectivity index (χ1v) is 12.2. The van der Waals surface area contributed by atoms with Gasteiger partial charge in [0.1, 0.15) is 5.82 Å². The van der Waals surface area contributed by atoms with Gasteiger partial charge in [0.2, 0.25) is 0 Å². The summed E-state index contributed by atoms with van der Waals surface area (Å²) in [6, 6.07) is 8.83. The van der Waals surface area contributed by atoms with E-state index in [1.165, 1.54) is 4.90 Å². The number of benzene rings is 1. The van der Waals surface area contributed by atoms with Gasteiger partial charge in [0, 0.05) is 45.6 Å². The third-order valence-electron chi connectivity index (χ3n) is 7.02. The van der Waals surface area contributed by atoms with Crippen LogP contribution in [0.1, 0.15) is 37.9 Å². The van der Waals surface area contributed by atoms with Crippen LogP contribution in [0.2, 0.25) is 0 Å². The van der Waals surface area contributed by atoms with E-state index in [9.17, 15) is 26.7 Å². The predicted octanol–water partition coefficient (Wildman–Crippen LogP) is 4.83. The summed E-state index contributed by atoms with van der Waals surface area (Å²) in [5.41, 5.74) is -1.87. The number of carbonyl (C=O) groups is 1. The quantitative estimate of drug-likeness (QED) is 0.520. The number of piperidine rings is 1. The molecule has 2 aliphatic rings. The van der Waals surface area contributed by atoms with Crippen molar-refractivity contribution in [3.63, 3.8) is 0 Å². The van der Waals surface area contributed by atoms with Gasteiger partial charge in [-0.05, 0) is 19.4 Å². The van der Waals surface area contributed by atoms with Crippen LogP contribution in [-0.4, -0.2) is 76.2 Å². The van der Waals surface area contributed by atoms with Crippen LogP contribution in [-0.2, 0) is 17.5 Å². The van der Waals surface area contributed by atoms with E-state index in [1.54, 1.807) is 18.7 Å². The SMILES string of the molecule is C[C@@H]1CN(c2cnc(C(F)(F)F)cn2)C[C@@H](C)N1C(=O)OC1(C(F)F)CCN(Cc2ccccc2)CC1. The molecule has 1 aromatic heterocycles. The van der Waals surface area contributed by atoms with Crippen molar-refractivity contribution >= 4 is 11.9 Å². The van der Waals surface area contributed by atoms with Crippen LogP contribution in [0.25, 0.3) is 0 Å². The van der Waals surface area contributed by atoms with E-state index in [4.69, 9.17) is 4.74 Å². The number of amides is 1. The number of nitrogens with zero attached hydrogens (tertiary/aromatic N) is 5. The predicted molar refractivity (Wildman–Crippen MR) is 126 cm³/mol. The molecule has 1 amide bonds. The van der Waals surface area contributed by atoms with Crippen molar-refractivity contribution in [2.45, 2.75) is 63.5 Å². The minimum absolute atomic E-state index is 0.0209. The van der Waals surface area contributed by atoms with Gasteiger partial charge in [-0.1, -0.05) is 30.3 Å². The van der Waals surface area contributed by atoms with Gasteiger partial charge in [-0.25, -0.2) is 23.5 Å². The zero-order chi connectivity index (χ0) is 26.8. The van der Waals surface area contributed by atoms with Crippen molar-refractivity contribution in [3.8, 4) is 0 Å². The number of anilines is 1. The Morgan fingerprint density at radius 1 is 1.05 bits per heavy atom. The van der Waals surface area contributed by atoms with E-state index < -0.39 is 42.1 Å². The molecular weight excluding hydrogens is 497 g/mol. The molecule has 0 bridgehead atoms. The number of aromatic nitrogens is 2. The Morgan fingerprint density at radius 2 is 1.68 bits per heavy atom. The average molecular weight is 528 g/mol. The number of alkyl halides is 5. The lowest BCUT2D eigenvalue weighted by Crippen LogP contribution is -2.61. The molecule has 0 spiro atoms. The maximum atomic E-state index is 14.2. The van der Waals surface area contributed by atoms with E-state index in [0.29, 0.717) is 25.8 Å². The number of hydrogen-bond acceptors (Lipinski definition) is 6. The Morgan fingerprint density at radius 3 is 2.19 bits per heavy atom. The molecule has 37 heavy (non-hydrogen) atoms. The summed E-state index contributed by atoms with van der Waals surface area (Å²) in [5, 5.41) is 0. The second kappa shape index (κ2) is 10.8. The molecule has 0 unspecified atom stereocenters. The highest BCUT2D eigenvalue weighted by atomic mass is 19.4. The van der Waals surface area contributed by atoms with Crippen molar-refractivity contribution in [1.82, 2.24) is 19.8 Å². The highest BCUT2D eigenvalue weighted by molar-refractivity contribution is 5.70. The number of halogens is 5. The fourth-order valence-electron chi connectivity index (χ4n) is 5.02. The Hall–Kier alpha value is -3.02. The lowest BCUT2D eigenvalue weighted by Gasteiger charge is -2.46. The van der Waals surface area contributed by atoms with Gasteiger partial charge in [-0.15, -0.1) is 0 Å². The van der Waals surface area contributed by atoms with Crippen LogP contribution in [0.15, 0.2) is 42.7 Å². The van der Waals surface area contributed by atoms with Gasteiger partial charge >= 0.3 is 12.3 Å². The summed E-state index contributed by atoms with van der Waals surface area (Å²) < 4.78 is 72.4. The summed E-state index contributed by atoms with van der Waals surface area (Å²) in [6.07, 6.45) is -6.47. The van der Waals surface area contributed by atoms with Crippen molar-refractivity contribution in [2.24, 2.45) is 0 Å². The second-order valence-corrected chi connectivity index (χ2v) is 9.76. The van der Waals surface area contributed by atoms with Crippen LogP contribution in [0.4, 0.5) is 32.6 Å². The minimum Gasteiger partial charge on any atom is -0.437 e. The topological polar surface area (TPSA) is 61.8 Å². The van der Waals surface area contributed by atoms with Crippen LogP contribution in [0.5, 0.6) is 0 Å². The van der Waals surface area contributed by atoms with E-state index in [2.05, 4.69) is 14.9 Å². The van der Waals surface area contributed by atoms with Crippen LogP contribution in [0, 0.1) is 0 Å². The van der Waals surface area contributed by atoms with Crippen LogP contribution < -0.4 is 4.90 Å². The first-order chi connectivity index (χ1) is 17.5. The van der Waals surface area contributed by atoms with Crippen molar-refractivity contribution in [3.05, 3.63) is 54.0 Å². The molecule has 2 saturated heterocycles. The van der Waals surface area contributed by atoms with Crippen LogP contribution in [0.3, 0.4) is 0 Å². The highest BCUT2D eigenvalue weighted by Gasteiger charge is 2.48. The smallest absolute Gasteiger partial charge is 0.434 e. The molecule has 3 heterocycles. The fourth-order valence-corrected chi connectivity index (χ4v) is 5.02. The van der Waals surface area contributed by atoms with Gasteiger partial charge < -0.3 is 9.64 Å². The highest BCUT2D eigenvalue weighted by Crippen LogP contribution is 2.35. The standard InChI is InChI=1S/C25H30F5N5O2/c1-17-14-34(21-13-31-20(12-32-21)25(28,29)30)15-18(2)35(17)23(36)37-24(22(26)27)8-10-33(11-9-24)16-19-6-4-3-5-7-19/h3-7,12-13,17-18,22H,8-11,14-16H2,1-2H3/t17-,18-/m1/s1. The average Bonchev–Trinajstić information content (AvgIpc) is 2.85. The molecule has 0 aliphatic carbocycles. The number of carbonyl (C=O) groups excluding carboxylic acids is 1. The molecule has 2 atom stereocenters. The summed E-state index contributed by atoms with van der Waals surface area (Å²) >= 11 is 0. The van der Waals surface area contributed by atoms with Gasteiger partial charge in [0.15, 0.2) is 11.3 Å². The molecule has 202 valence electrons. The molecule has 2 aromatic rings. The van der Waals surface area contributed by atoms with Crippen molar-refractivity contribution in [1.29, 1.82) is 0 Å². The van der Waals surface area contributed by atoms with Crippen molar-refractivity contribution in [2.75, 3.05) is 31.1 Å². The van der Waals surface area contributed by atoms with E-state index in [-0.39, 0.29) is 31.7 Å². The molecule has 7 nitrogen and oxygen atoms in total. The van der Waals surface area contributed by atoms with Gasteiger partial charge in [0.25, 0.3) is 6.43 Å². The fraction of sp³-hybridized carbons (Fsp3) is 0.560. The minimum atomic E-state index is -4.59. The van der Waals surface area contributed by atoms with Crippen molar-refractivity contribution < 1.29 is 31.5 Å². The molecule has 0 saturated carbocycles. The van der Waals surface area contributed by atoms with Gasteiger partial charge in [-0.3, -0.25) is 9.80 Å². The summed E-state index contributed by atoms with van der Waals surface area (Å²) in [6.45, 7) is 5.34. The largest absolute Gasteiger partial charge is 0.437 e. The first kappa shape index (κ1) is 27.0. The maximum Gasteiger partial charge on any atom is 0.434 e. The summed E-state index contributed by atoms with van der Waals surface area (Å²) in [5.74, 6) is 0.245. The van der Waals surface area contributed by atoms with E-state index >= 15 is 0 Å². The lowest BCUT2D eigenvalue weighted by atomic mass is 9.91. The molecule has 2 aliphatic heterocycles. The Balaban J connectivity index is 1.38. The number of rotatable bonds is 5. The maximum absolute atomic E-state index is 14.2. The number of likely N-dealkylation sites (tertiary alicyclic amines) is 1. The molecule has 1 aromatic carbocycles. The monoisotopic (exact) mass is 527 g/mol. The normalized spacial score (nSPS) is 22.8. The molecule has 12 heteroatoms. The molecular formula is C25H30F5N5O2. The number of hydrogen-bond donors (Lipinski definition) is 0. The number of ether oxygens (including phenoxy) is 1. The molecule has 0 N–H and O–H groups in total. The Bertz CT molecular complexity index is 1030. The van der Waals surface area contributed by atoms with Gasteiger partial charge in [0.05, 0.1) is 24.5 Å². The summed E-state index contributed by atoms with van der Waals surface area (Å²) in [4.78, 5) is 25.7. The molecule has 4 rings (SSSR count). The third-order valence-corrected chi connectivity index (χ3v) is 7.02. The zero-order valence-corrected chi connectivity index (χ0v) is 20.7. The first-order valence-electron chi connectivity index (χ1n) is 12.2. The van der Waals surface area contributed by atoms with Gasteiger partial charge in [-0.2, -0.15) is 13.2 Å². The zero-order valence-electron chi connectivity index (χ0n) is 20.7. The Kier molecular flexibility index (Phi) is 7.86. The van der Waals surface area contributed by atoms with Crippen LogP contribution >= 0.6 is 0 Å². The molecule has 2 fully saturated rings. The second-order valence-electron chi connectivity index (χ2n) is 9.76. The number of piperazine rings is 1. The Labute approximate surface area is 212 Å². The van der Waals surface area contributed by atoms with E-state index in [0.717, 1.165) is 11.8 Å². The summed E-state index contributed by atoms with van der Waals surface area (Å²) in [7, 11) is 0. The van der Waals surface area contributed by atoms with E-state index in [1.807, 2.05) is 30.3 Å². The molecule has 0 radical (unpaired) electrons.